The molecule has 1 aromatic carbocycles. The van der Waals surface area contributed by atoms with E-state index in [0.29, 0.717) is 5.69 Å². The van der Waals surface area contributed by atoms with Crippen molar-refractivity contribution in [2.45, 2.75) is 6.92 Å². The van der Waals surface area contributed by atoms with Gasteiger partial charge in [0.25, 0.3) is 0 Å². The van der Waals surface area contributed by atoms with Crippen molar-refractivity contribution in [3.8, 4) is 0 Å². The molecule has 0 unspecified atom stereocenters. The molecule has 0 radical (unpaired) electrons. The third-order valence-electron chi connectivity index (χ3n) is 1.63. The topological polar surface area (TPSA) is 83.5 Å². The van der Waals surface area contributed by atoms with E-state index in [9.17, 15) is 13.2 Å². The number of aliphatic carboxylic acids is 1. The normalized spacial score (nSPS) is 11.1. The Hall–Kier alpha value is -1.08. The highest BCUT2D eigenvalue weighted by molar-refractivity contribution is 9.10. The Morgan fingerprint density at radius 2 is 2.06 bits per heavy atom. The van der Waals surface area contributed by atoms with Gasteiger partial charge in [0.05, 0.1) is 0 Å². The number of halogens is 1. The Morgan fingerprint density at radius 3 is 2.56 bits per heavy atom. The molecule has 0 amide bonds. The number of hydrogen-bond acceptors (Lipinski definition) is 3. The highest BCUT2D eigenvalue weighted by Gasteiger charge is 2.15. The maximum Gasteiger partial charge on any atom is 0.320 e. The second-order valence-electron chi connectivity index (χ2n) is 3.27. The lowest BCUT2D eigenvalue weighted by atomic mass is 10.2. The van der Waals surface area contributed by atoms with E-state index in [-0.39, 0.29) is 0 Å². The van der Waals surface area contributed by atoms with Crippen LogP contribution in [0.2, 0.25) is 0 Å². The number of nitrogens with one attached hydrogen (secondary N) is 1. The summed E-state index contributed by atoms with van der Waals surface area (Å²) in [4.78, 5) is 10.3. The van der Waals surface area contributed by atoms with Crippen molar-refractivity contribution in [3.05, 3.63) is 28.2 Å². The average molecular weight is 308 g/mol. The Kier molecular flexibility index (Phi) is 3.93. The zero-order valence-electron chi connectivity index (χ0n) is 8.40. The fraction of sp³-hybridized carbons (Fsp3) is 0.222. The van der Waals surface area contributed by atoms with Gasteiger partial charge < -0.3 is 5.11 Å². The van der Waals surface area contributed by atoms with Crippen LogP contribution in [0.1, 0.15) is 5.56 Å². The van der Waals surface area contributed by atoms with Crippen molar-refractivity contribution >= 4 is 37.6 Å². The van der Waals surface area contributed by atoms with Crippen LogP contribution < -0.4 is 4.72 Å². The molecule has 0 saturated carbocycles. The van der Waals surface area contributed by atoms with Crippen molar-refractivity contribution in [1.29, 1.82) is 0 Å². The highest BCUT2D eigenvalue weighted by atomic mass is 79.9. The highest BCUT2D eigenvalue weighted by Crippen LogP contribution is 2.19. The van der Waals surface area contributed by atoms with E-state index in [1.165, 1.54) is 0 Å². The van der Waals surface area contributed by atoms with Crippen LogP contribution in [-0.4, -0.2) is 25.2 Å². The van der Waals surface area contributed by atoms with Gasteiger partial charge in [0.1, 0.15) is 0 Å². The van der Waals surface area contributed by atoms with Crippen molar-refractivity contribution in [3.63, 3.8) is 0 Å². The minimum Gasteiger partial charge on any atom is -0.480 e. The predicted molar refractivity (Wildman–Crippen MR) is 63.9 cm³/mol. The predicted octanol–water partition coefficient (Wildman–Crippen LogP) is 1.58. The fourth-order valence-electron chi connectivity index (χ4n) is 1.17. The average Bonchev–Trinajstić information content (AvgIpc) is 1.95. The molecule has 2 N–H and O–H groups in total. The number of carbonyl (C=O) groups is 1. The molecule has 16 heavy (non-hydrogen) atoms. The molecule has 0 heterocycles. The van der Waals surface area contributed by atoms with Crippen molar-refractivity contribution in [2.75, 3.05) is 10.5 Å². The van der Waals surface area contributed by atoms with E-state index in [2.05, 4.69) is 20.7 Å². The molecule has 88 valence electrons. The van der Waals surface area contributed by atoms with Gasteiger partial charge in [-0.15, -0.1) is 0 Å². The molecular weight excluding hydrogens is 298 g/mol. The Balaban J connectivity index is 2.92. The zero-order chi connectivity index (χ0) is 12.3. The molecule has 7 heteroatoms. The summed E-state index contributed by atoms with van der Waals surface area (Å²) in [6.07, 6.45) is 0. The van der Waals surface area contributed by atoms with Crippen LogP contribution in [0.25, 0.3) is 0 Å². The summed E-state index contributed by atoms with van der Waals surface area (Å²) >= 11 is 3.22. The van der Waals surface area contributed by atoms with Gasteiger partial charge in [-0.25, -0.2) is 8.42 Å². The van der Waals surface area contributed by atoms with E-state index in [1.54, 1.807) is 19.1 Å². The first-order valence-electron chi connectivity index (χ1n) is 4.28. The number of benzene rings is 1. The summed E-state index contributed by atoms with van der Waals surface area (Å²) in [5, 5.41) is 8.41. The third kappa shape index (κ3) is 4.19. The Morgan fingerprint density at radius 1 is 1.44 bits per heavy atom. The second-order valence-corrected chi connectivity index (χ2v) is 5.91. The van der Waals surface area contributed by atoms with E-state index in [0.717, 1.165) is 10.0 Å². The van der Waals surface area contributed by atoms with E-state index in [4.69, 9.17) is 5.11 Å². The van der Waals surface area contributed by atoms with Gasteiger partial charge in [-0.1, -0.05) is 15.9 Å². The van der Waals surface area contributed by atoms with Gasteiger partial charge in [0.15, 0.2) is 5.75 Å². The fourth-order valence-corrected chi connectivity index (χ4v) is 2.66. The van der Waals surface area contributed by atoms with Crippen LogP contribution in [-0.2, 0) is 14.8 Å². The van der Waals surface area contributed by atoms with Crippen LogP contribution >= 0.6 is 15.9 Å². The van der Waals surface area contributed by atoms with Gasteiger partial charge in [0, 0.05) is 10.2 Å². The van der Waals surface area contributed by atoms with E-state index >= 15 is 0 Å². The number of sulfonamides is 1. The van der Waals surface area contributed by atoms with Crippen LogP contribution in [0.5, 0.6) is 0 Å². The molecule has 0 bridgehead atoms. The summed E-state index contributed by atoms with van der Waals surface area (Å²) < 4.78 is 25.6. The third-order valence-corrected chi connectivity index (χ3v) is 3.26. The van der Waals surface area contributed by atoms with Gasteiger partial charge >= 0.3 is 5.97 Å². The summed E-state index contributed by atoms with van der Waals surface area (Å²) in [5.74, 6) is -2.34. The smallest absolute Gasteiger partial charge is 0.320 e. The van der Waals surface area contributed by atoms with Gasteiger partial charge in [-0.3, -0.25) is 9.52 Å². The SMILES string of the molecule is Cc1cc(Br)cc(NS(=O)(=O)CC(=O)O)c1. The lowest BCUT2D eigenvalue weighted by Gasteiger charge is -2.07. The van der Waals surface area contributed by atoms with Gasteiger partial charge in [-0.2, -0.15) is 0 Å². The summed E-state index contributed by atoms with van der Waals surface area (Å²) in [6, 6.07) is 4.99. The Labute approximate surface area is 102 Å². The summed E-state index contributed by atoms with van der Waals surface area (Å²) in [6.45, 7) is 1.81. The molecule has 0 aliphatic rings. The standard InChI is InChI=1S/C9H10BrNO4S/c1-6-2-7(10)4-8(3-6)11-16(14,15)5-9(12)13/h2-4,11H,5H2,1H3,(H,12,13). The summed E-state index contributed by atoms with van der Waals surface area (Å²) in [7, 11) is -3.84. The Bertz CT molecular complexity index is 492. The largest absolute Gasteiger partial charge is 0.480 e. The maximum absolute atomic E-state index is 11.3. The number of anilines is 1. The minimum absolute atomic E-state index is 0.341. The molecule has 0 aliphatic heterocycles. The first kappa shape index (κ1) is 13.0. The van der Waals surface area contributed by atoms with Gasteiger partial charge in [-0.05, 0) is 30.7 Å². The van der Waals surface area contributed by atoms with Crippen LogP contribution in [0.15, 0.2) is 22.7 Å². The zero-order valence-corrected chi connectivity index (χ0v) is 10.8. The van der Waals surface area contributed by atoms with Crippen molar-refractivity contribution in [1.82, 2.24) is 0 Å². The number of aryl methyl sites for hydroxylation is 1. The molecule has 0 saturated heterocycles. The number of hydrogen-bond donors (Lipinski definition) is 2. The first-order valence-corrected chi connectivity index (χ1v) is 6.72. The quantitative estimate of drug-likeness (QED) is 0.884. The van der Waals surface area contributed by atoms with Gasteiger partial charge in [0.2, 0.25) is 10.0 Å². The summed E-state index contributed by atoms with van der Waals surface area (Å²) in [5.41, 5.74) is 1.20. The lowest BCUT2D eigenvalue weighted by molar-refractivity contribution is -0.134. The molecule has 0 aromatic heterocycles. The molecule has 0 aliphatic carbocycles. The lowest BCUT2D eigenvalue weighted by Crippen LogP contribution is -2.22. The van der Waals surface area contributed by atoms with Crippen LogP contribution in [0, 0.1) is 6.92 Å². The molecular formula is C9H10BrNO4S. The molecule has 0 spiro atoms. The number of carboxylic acid groups (broad SMARTS) is 1. The molecule has 1 aromatic rings. The van der Waals surface area contributed by atoms with E-state index < -0.39 is 21.7 Å². The molecule has 0 fully saturated rings. The monoisotopic (exact) mass is 307 g/mol. The molecule has 0 atom stereocenters. The van der Waals surface area contributed by atoms with Crippen LogP contribution in [0.3, 0.4) is 0 Å². The van der Waals surface area contributed by atoms with Crippen molar-refractivity contribution in [2.24, 2.45) is 0 Å². The van der Waals surface area contributed by atoms with Crippen LogP contribution in [0.4, 0.5) is 5.69 Å². The molecule has 1 rings (SSSR count). The maximum atomic E-state index is 11.3. The second kappa shape index (κ2) is 4.84. The number of rotatable bonds is 4. The first-order chi connectivity index (χ1) is 7.28. The van der Waals surface area contributed by atoms with Crippen molar-refractivity contribution < 1.29 is 18.3 Å². The molecule has 5 nitrogen and oxygen atoms in total. The van der Waals surface area contributed by atoms with E-state index in [1.807, 2.05) is 6.07 Å². The minimum atomic E-state index is -3.84. The number of carboxylic acids is 1.